The van der Waals surface area contributed by atoms with Gasteiger partial charge in [-0.3, -0.25) is 0 Å². The van der Waals surface area contributed by atoms with Crippen LogP contribution in [0.3, 0.4) is 0 Å². The van der Waals surface area contributed by atoms with Crippen molar-refractivity contribution >= 4 is 0 Å². The van der Waals surface area contributed by atoms with Crippen LogP contribution in [0.5, 0.6) is 0 Å². The first-order chi connectivity index (χ1) is 7.09. The van der Waals surface area contributed by atoms with Crippen LogP contribution in [0.25, 0.3) is 0 Å². The van der Waals surface area contributed by atoms with Crippen molar-refractivity contribution < 1.29 is 5.11 Å². The van der Waals surface area contributed by atoms with E-state index in [-0.39, 0.29) is 12.1 Å². The van der Waals surface area contributed by atoms with Gasteiger partial charge in [-0.15, -0.1) is 0 Å². The zero-order chi connectivity index (χ0) is 11.3. The lowest BCUT2D eigenvalue weighted by atomic mass is 9.85. The van der Waals surface area contributed by atoms with Crippen LogP contribution >= 0.6 is 0 Å². The molecular weight excluding hydrogens is 188 g/mol. The first-order valence-corrected chi connectivity index (χ1v) is 6.14. The Kier molecular flexibility index (Phi) is 5.03. The minimum Gasteiger partial charge on any atom is -0.394 e. The molecule has 1 atom stereocenters. The van der Waals surface area contributed by atoms with Gasteiger partial charge in [0.1, 0.15) is 0 Å². The summed E-state index contributed by atoms with van der Waals surface area (Å²) in [6, 6.07) is 0. The molecule has 1 aliphatic carbocycles. The number of aliphatic hydroxyl groups is 1. The third-order valence-electron chi connectivity index (χ3n) is 3.37. The Morgan fingerprint density at radius 2 is 2.13 bits per heavy atom. The van der Waals surface area contributed by atoms with E-state index in [4.69, 9.17) is 0 Å². The molecule has 1 unspecified atom stereocenters. The number of nitrogens with one attached hydrogen (secondary N) is 1. The fourth-order valence-corrected chi connectivity index (χ4v) is 2.37. The average Bonchev–Trinajstić information content (AvgIpc) is 2.12. The number of hydrogen-bond acceptors (Lipinski definition) is 3. The van der Waals surface area contributed by atoms with Crippen LogP contribution in [-0.4, -0.2) is 48.8 Å². The summed E-state index contributed by atoms with van der Waals surface area (Å²) in [7, 11) is 2.16. The van der Waals surface area contributed by atoms with E-state index in [2.05, 4.69) is 31.1 Å². The molecule has 0 spiro atoms. The van der Waals surface area contributed by atoms with Crippen LogP contribution < -0.4 is 5.32 Å². The van der Waals surface area contributed by atoms with Crippen LogP contribution in [0, 0.1) is 5.92 Å². The van der Waals surface area contributed by atoms with Crippen molar-refractivity contribution in [1.82, 2.24) is 10.2 Å². The standard InChI is InChI=1S/C12H26N2O/c1-4-13-12(2,10-15)9-14(3)8-11-6-5-7-11/h11,13,15H,4-10H2,1-3H3. The first-order valence-electron chi connectivity index (χ1n) is 6.14. The highest BCUT2D eigenvalue weighted by molar-refractivity contribution is 4.86. The number of nitrogens with zero attached hydrogens (tertiary/aromatic N) is 1. The Hall–Kier alpha value is -0.120. The van der Waals surface area contributed by atoms with E-state index in [1.807, 2.05) is 0 Å². The van der Waals surface area contributed by atoms with Gasteiger partial charge < -0.3 is 15.3 Å². The van der Waals surface area contributed by atoms with E-state index in [0.717, 1.165) is 19.0 Å². The summed E-state index contributed by atoms with van der Waals surface area (Å²) in [5, 5.41) is 12.7. The molecule has 90 valence electrons. The summed E-state index contributed by atoms with van der Waals surface area (Å²) in [5.74, 6) is 0.902. The Labute approximate surface area is 93.9 Å². The van der Waals surface area contributed by atoms with E-state index < -0.39 is 0 Å². The maximum atomic E-state index is 9.38. The van der Waals surface area contributed by atoms with E-state index in [0.29, 0.717) is 0 Å². The molecule has 3 heteroatoms. The zero-order valence-corrected chi connectivity index (χ0v) is 10.4. The van der Waals surface area contributed by atoms with E-state index >= 15 is 0 Å². The van der Waals surface area contributed by atoms with Crippen LogP contribution in [0.2, 0.25) is 0 Å². The summed E-state index contributed by atoms with van der Waals surface area (Å²) in [6.45, 7) is 7.40. The highest BCUT2D eigenvalue weighted by Gasteiger charge is 2.26. The van der Waals surface area contributed by atoms with Gasteiger partial charge >= 0.3 is 0 Å². The van der Waals surface area contributed by atoms with Gasteiger partial charge in [-0.2, -0.15) is 0 Å². The first kappa shape index (κ1) is 12.9. The monoisotopic (exact) mass is 214 g/mol. The molecule has 0 heterocycles. The lowest BCUT2D eigenvalue weighted by Crippen LogP contribution is -2.54. The second-order valence-electron chi connectivity index (χ2n) is 5.24. The smallest absolute Gasteiger partial charge is 0.0623 e. The van der Waals surface area contributed by atoms with Gasteiger partial charge in [0.05, 0.1) is 12.1 Å². The highest BCUT2D eigenvalue weighted by Crippen LogP contribution is 2.27. The molecule has 0 aromatic heterocycles. The molecule has 0 amide bonds. The Morgan fingerprint density at radius 1 is 1.47 bits per heavy atom. The quantitative estimate of drug-likeness (QED) is 0.665. The lowest BCUT2D eigenvalue weighted by Gasteiger charge is -2.36. The molecule has 15 heavy (non-hydrogen) atoms. The van der Waals surface area contributed by atoms with Crippen molar-refractivity contribution in [1.29, 1.82) is 0 Å². The largest absolute Gasteiger partial charge is 0.394 e. The minimum atomic E-state index is -0.146. The van der Waals surface area contributed by atoms with Gasteiger partial charge in [0.2, 0.25) is 0 Å². The predicted octanol–water partition coefficient (Wildman–Crippen LogP) is 1.08. The second-order valence-corrected chi connectivity index (χ2v) is 5.24. The Bertz CT molecular complexity index is 182. The topological polar surface area (TPSA) is 35.5 Å². The molecule has 3 nitrogen and oxygen atoms in total. The van der Waals surface area contributed by atoms with Gasteiger partial charge in [0.15, 0.2) is 0 Å². The Balaban J connectivity index is 2.28. The zero-order valence-electron chi connectivity index (χ0n) is 10.4. The fourth-order valence-electron chi connectivity index (χ4n) is 2.37. The van der Waals surface area contributed by atoms with Crippen molar-refractivity contribution in [2.45, 2.75) is 38.6 Å². The summed E-state index contributed by atoms with van der Waals surface area (Å²) in [4.78, 5) is 2.35. The van der Waals surface area contributed by atoms with Crippen LogP contribution in [0.1, 0.15) is 33.1 Å². The van der Waals surface area contributed by atoms with E-state index in [1.165, 1.54) is 25.8 Å². The van der Waals surface area contributed by atoms with Crippen molar-refractivity contribution in [2.24, 2.45) is 5.92 Å². The molecule has 0 aromatic carbocycles. The van der Waals surface area contributed by atoms with Gasteiger partial charge in [-0.05, 0) is 39.3 Å². The maximum Gasteiger partial charge on any atom is 0.0623 e. The fraction of sp³-hybridized carbons (Fsp3) is 1.00. The molecule has 1 aliphatic rings. The van der Waals surface area contributed by atoms with Gasteiger partial charge in [0, 0.05) is 13.1 Å². The third-order valence-corrected chi connectivity index (χ3v) is 3.37. The van der Waals surface area contributed by atoms with Crippen molar-refractivity contribution in [3.8, 4) is 0 Å². The summed E-state index contributed by atoms with van der Waals surface area (Å²) >= 11 is 0. The summed E-state index contributed by atoms with van der Waals surface area (Å²) < 4.78 is 0. The minimum absolute atomic E-state index is 0.146. The maximum absolute atomic E-state index is 9.38. The molecule has 1 rings (SSSR count). The summed E-state index contributed by atoms with van der Waals surface area (Å²) in [5.41, 5.74) is -0.146. The number of aliphatic hydroxyl groups excluding tert-OH is 1. The predicted molar refractivity (Wildman–Crippen MR) is 64.0 cm³/mol. The van der Waals surface area contributed by atoms with Crippen molar-refractivity contribution in [3.05, 3.63) is 0 Å². The molecule has 1 fully saturated rings. The lowest BCUT2D eigenvalue weighted by molar-refractivity contribution is 0.114. The molecule has 0 aromatic rings. The molecular formula is C12H26N2O. The van der Waals surface area contributed by atoms with E-state index in [9.17, 15) is 5.11 Å². The van der Waals surface area contributed by atoms with Crippen LogP contribution in [-0.2, 0) is 0 Å². The molecule has 0 saturated heterocycles. The Morgan fingerprint density at radius 3 is 2.53 bits per heavy atom. The molecule has 0 bridgehead atoms. The normalized spacial score (nSPS) is 21.4. The van der Waals surface area contributed by atoms with E-state index in [1.54, 1.807) is 0 Å². The van der Waals surface area contributed by atoms with Crippen LogP contribution in [0.15, 0.2) is 0 Å². The molecule has 1 saturated carbocycles. The number of likely N-dealkylation sites (N-methyl/N-ethyl adjacent to an activating group) is 2. The SMILES string of the molecule is CCNC(C)(CO)CN(C)CC1CCC1. The van der Waals surface area contributed by atoms with Gasteiger partial charge in [-0.1, -0.05) is 13.3 Å². The second kappa shape index (κ2) is 5.83. The molecule has 0 aliphatic heterocycles. The van der Waals surface area contributed by atoms with Crippen molar-refractivity contribution in [3.63, 3.8) is 0 Å². The van der Waals surface area contributed by atoms with Crippen molar-refractivity contribution in [2.75, 3.05) is 33.3 Å². The third kappa shape index (κ3) is 4.09. The molecule has 0 radical (unpaired) electrons. The van der Waals surface area contributed by atoms with Crippen LogP contribution in [0.4, 0.5) is 0 Å². The number of rotatable bonds is 7. The summed E-state index contributed by atoms with van der Waals surface area (Å²) in [6.07, 6.45) is 4.19. The van der Waals surface area contributed by atoms with Gasteiger partial charge in [0.25, 0.3) is 0 Å². The number of hydrogen-bond donors (Lipinski definition) is 2. The van der Waals surface area contributed by atoms with Gasteiger partial charge in [-0.25, -0.2) is 0 Å². The highest BCUT2D eigenvalue weighted by atomic mass is 16.3. The average molecular weight is 214 g/mol. The molecule has 2 N–H and O–H groups in total.